The number of nitrogens with zero attached hydrogens (tertiary/aromatic N) is 1. The van der Waals surface area contributed by atoms with Crippen molar-refractivity contribution in [2.24, 2.45) is 0 Å². The molecular formula is C16H14F17NO4S. The number of alkyl halides is 17. The van der Waals surface area contributed by atoms with Gasteiger partial charge in [0.25, 0.3) is 0 Å². The second-order valence-electron chi connectivity index (χ2n) is 7.42. The first-order chi connectivity index (χ1) is 16.9. The quantitative estimate of drug-likeness (QED) is 0.0841. The van der Waals surface area contributed by atoms with E-state index in [0.29, 0.717) is 0 Å². The maximum absolute atomic E-state index is 14.0. The lowest BCUT2D eigenvalue weighted by Gasteiger charge is -2.42. The molecule has 0 bridgehead atoms. The summed E-state index contributed by atoms with van der Waals surface area (Å²) >= 11 is -2.49. The lowest BCUT2D eigenvalue weighted by atomic mass is 9.87. The van der Waals surface area contributed by atoms with Crippen LogP contribution in [0.4, 0.5) is 74.6 Å². The van der Waals surface area contributed by atoms with Crippen molar-refractivity contribution in [2.45, 2.75) is 60.5 Å². The van der Waals surface area contributed by atoms with Crippen molar-refractivity contribution in [1.82, 2.24) is 4.31 Å². The molecule has 0 fully saturated rings. The minimum atomic E-state index is -8.78. The average Bonchev–Trinajstić information content (AvgIpc) is 2.76. The van der Waals surface area contributed by atoms with E-state index in [4.69, 9.17) is 4.55 Å². The van der Waals surface area contributed by atoms with E-state index in [2.05, 4.69) is 4.74 Å². The maximum atomic E-state index is 14.0. The number of esters is 1. The number of ether oxygens (including phenoxy) is 1. The highest BCUT2D eigenvalue weighted by atomic mass is 32.2. The molecule has 0 saturated heterocycles. The number of hydrogen-bond donors (Lipinski definition) is 1. The second-order valence-corrected chi connectivity index (χ2v) is 8.51. The van der Waals surface area contributed by atoms with Crippen LogP contribution >= 0.6 is 0 Å². The van der Waals surface area contributed by atoms with Crippen LogP contribution in [0.3, 0.4) is 0 Å². The Labute approximate surface area is 208 Å². The zero-order valence-corrected chi connectivity index (χ0v) is 19.3. The average molecular weight is 639 g/mol. The molecule has 0 aliphatic carbocycles. The Morgan fingerprint density at radius 2 is 1.08 bits per heavy atom. The van der Waals surface area contributed by atoms with E-state index < -0.39 is 83.5 Å². The largest absolute Gasteiger partial charge is 0.462 e. The van der Waals surface area contributed by atoms with Gasteiger partial charge in [0.15, 0.2) is 0 Å². The van der Waals surface area contributed by atoms with Crippen LogP contribution in [0.1, 0.15) is 12.8 Å². The zero-order valence-electron chi connectivity index (χ0n) is 18.5. The molecule has 1 atom stereocenters. The number of rotatable bonds is 14. The predicted molar refractivity (Wildman–Crippen MR) is 93.4 cm³/mol. The number of halogens is 17. The van der Waals surface area contributed by atoms with Crippen molar-refractivity contribution in [2.75, 3.05) is 20.2 Å². The molecular weight excluding hydrogens is 625 g/mol. The van der Waals surface area contributed by atoms with Gasteiger partial charge >= 0.3 is 53.6 Å². The van der Waals surface area contributed by atoms with Crippen LogP contribution in [-0.2, 0) is 20.8 Å². The minimum Gasteiger partial charge on any atom is -0.462 e. The lowest BCUT2D eigenvalue weighted by molar-refractivity contribution is -0.460. The Hall–Kier alpha value is -1.91. The van der Waals surface area contributed by atoms with Gasteiger partial charge in [-0.3, -0.25) is 4.55 Å². The fraction of sp³-hybridized carbons (Fsp3) is 0.812. The topological polar surface area (TPSA) is 66.8 Å². The van der Waals surface area contributed by atoms with E-state index in [-0.39, 0.29) is 13.0 Å². The summed E-state index contributed by atoms with van der Waals surface area (Å²) in [5.74, 6) is -61.0. The van der Waals surface area contributed by atoms with E-state index in [1.165, 1.54) is 0 Å². The van der Waals surface area contributed by atoms with Gasteiger partial charge in [0.1, 0.15) is 5.57 Å². The van der Waals surface area contributed by atoms with E-state index in [1.807, 2.05) is 6.58 Å². The van der Waals surface area contributed by atoms with Gasteiger partial charge in [-0.1, -0.05) is 6.58 Å². The van der Waals surface area contributed by atoms with Gasteiger partial charge in [0, 0.05) is 13.6 Å². The molecule has 0 radical (unpaired) electrons. The van der Waals surface area contributed by atoms with Gasteiger partial charge in [0.05, 0.1) is 6.61 Å². The third-order valence-electron chi connectivity index (χ3n) is 4.71. The molecule has 0 aromatic heterocycles. The third-order valence-corrected chi connectivity index (χ3v) is 5.43. The molecule has 232 valence electrons. The van der Waals surface area contributed by atoms with E-state index in [9.17, 15) is 83.6 Å². The molecule has 5 nitrogen and oxygen atoms in total. The van der Waals surface area contributed by atoms with Crippen molar-refractivity contribution in [1.29, 1.82) is 0 Å². The number of unbranched alkanes of at least 4 members (excludes halogenated alkanes) is 1. The van der Waals surface area contributed by atoms with Crippen LogP contribution in [-0.4, -0.2) is 86.9 Å². The van der Waals surface area contributed by atoms with Gasteiger partial charge in [-0.05, 0) is 12.8 Å². The number of carbonyl (C=O) groups excluding carboxylic acids is 1. The Morgan fingerprint density at radius 1 is 0.718 bits per heavy atom. The highest BCUT2D eigenvalue weighted by molar-refractivity contribution is 7.76. The van der Waals surface area contributed by atoms with Gasteiger partial charge < -0.3 is 4.74 Å². The molecule has 0 rings (SSSR count). The molecule has 0 aliphatic rings. The molecule has 0 amide bonds. The van der Waals surface area contributed by atoms with Gasteiger partial charge in [-0.2, -0.15) is 74.6 Å². The van der Waals surface area contributed by atoms with E-state index in [0.717, 1.165) is 11.4 Å². The van der Waals surface area contributed by atoms with Crippen LogP contribution in [0.5, 0.6) is 0 Å². The molecule has 0 aromatic rings. The first kappa shape index (κ1) is 37.1. The normalized spacial score (nSPS) is 15.9. The van der Waals surface area contributed by atoms with E-state index in [1.54, 1.807) is 0 Å². The van der Waals surface area contributed by atoms with Crippen molar-refractivity contribution < 1.29 is 92.9 Å². The van der Waals surface area contributed by atoms with Gasteiger partial charge in [-0.25, -0.2) is 13.3 Å². The predicted octanol–water partition coefficient (Wildman–Crippen LogP) is 5.94. The monoisotopic (exact) mass is 639 g/mol. The number of carbonyl (C=O) groups is 1. The number of hydrogen-bond acceptors (Lipinski definition) is 3. The summed E-state index contributed by atoms with van der Waals surface area (Å²) in [6.45, 7) is 0.545. The van der Waals surface area contributed by atoms with E-state index >= 15 is 0 Å². The van der Waals surface area contributed by atoms with Gasteiger partial charge in [-0.15, -0.1) is 0 Å². The molecule has 23 heteroatoms. The molecule has 0 aromatic carbocycles. The fourth-order valence-corrected chi connectivity index (χ4v) is 2.53. The summed E-state index contributed by atoms with van der Waals surface area (Å²) in [7, 11) is 1.08. The molecule has 0 heterocycles. The molecule has 0 saturated carbocycles. The third kappa shape index (κ3) is 6.07. The first-order valence-electron chi connectivity index (χ1n) is 9.31. The second kappa shape index (κ2) is 11.2. The van der Waals surface area contributed by atoms with Crippen molar-refractivity contribution in [3.8, 4) is 0 Å². The highest BCUT2D eigenvalue weighted by Crippen LogP contribution is 2.64. The zero-order chi connectivity index (χ0) is 31.8. The molecule has 1 unspecified atom stereocenters. The Kier molecular flexibility index (Phi) is 10.6. The summed E-state index contributed by atoms with van der Waals surface area (Å²) in [5, 5.41) is 0. The van der Waals surface area contributed by atoms with Crippen LogP contribution < -0.4 is 0 Å². The van der Waals surface area contributed by atoms with Crippen LogP contribution in [0.15, 0.2) is 12.2 Å². The van der Waals surface area contributed by atoms with Gasteiger partial charge in [0.2, 0.25) is 11.3 Å². The Balaban J connectivity index is 6.13. The minimum absolute atomic E-state index is 0.189. The lowest BCUT2D eigenvalue weighted by Crippen LogP contribution is -2.74. The van der Waals surface area contributed by atoms with Crippen molar-refractivity contribution in [3.63, 3.8) is 0 Å². The molecule has 1 N–H and O–H groups in total. The summed E-state index contributed by atoms with van der Waals surface area (Å²) in [4.78, 5) is 11.5. The summed E-state index contributed by atoms with van der Waals surface area (Å²) in [5.41, 5.74) is -3.17. The standard InChI is InChI=1S/C16H14F17NO4S/c1-7(8(35)38-6-4-3-5-34(2)39(36)37)9(17,18)10(19,20)11(21,22)12(23,24)13(25,26)14(27,28)15(29,30)16(31,32)33/h1,3-6H2,2H3,(H,36,37). The smallest absolute Gasteiger partial charge is 0.460 e. The highest BCUT2D eigenvalue weighted by Gasteiger charge is 2.95. The summed E-state index contributed by atoms with van der Waals surface area (Å²) in [6.07, 6.45) is -8.48. The summed E-state index contributed by atoms with van der Waals surface area (Å²) < 4.78 is 249. The molecule has 39 heavy (non-hydrogen) atoms. The van der Waals surface area contributed by atoms with Crippen molar-refractivity contribution >= 4 is 17.2 Å². The van der Waals surface area contributed by atoms with Crippen molar-refractivity contribution in [3.05, 3.63) is 12.2 Å². The molecule has 0 spiro atoms. The Bertz CT molecular complexity index is 934. The molecule has 0 aliphatic heterocycles. The van der Waals surface area contributed by atoms with Crippen LogP contribution in [0.2, 0.25) is 0 Å². The fourth-order valence-electron chi connectivity index (χ4n) is 2.25. The summed E-state index contributed by atoms with van der Waals surface area (Å²) in [6, 6.07) is 0. The Morgan fingerprint density at radius 3 is 1.44 bits per heavy atom. The van der Waals surface area contributed by atoms with Crippen LogP contribution in [0, 0.1) is 0 Å². The first-order valence-corrected chi connectivity index (χ1v) is 10.4. The maximum Gasteiger partial charge on any atom is 0.460 e. The van der Waals surface area contributed by atoms with Crippen LogP contribution in [0.25, 0.3) is 0 Å². The SMILES string of the molecule is C=C(C(=O)OCCCCN(C)S(=O)O)C(F)(F)C(F)(F)C(F)(F)C(F)(F)C(F)(F)C(F)(F)C(F)(F)C(F)(F)F.